The van der Waals surface area contributed by atoms with Crippen LogP contribution in [0, 0.1) is 0 Å². The Kier molecular flexibility index (Phi) is 4.83. The van der Waals surface area contributed by atoms with Crippen molar-refractivity contribution in [1.29, 1.82) is 0 Å². The molecule has 0 aliphatic carbocycles. The molecule has 0 aromatic heterocycles. The second-order valence-corrected chi connectivity index (χ2v) is 2.52. The van der Waals surface area contributed by atoms with Gasteiger partial charge in [-0.1, -0.05) is 46.8 Å². The zero-order valence-corrected chi connectivity index (χ0v) is 7.37. The van der Waals surface area contributed by atoms with Crippen molar-refractivity contribution in [2.75, 3.05) is 5.33 Å². The number of halogens is 2. The predicted octanol–water partition coefficient (Wildman–Crippen LogP) is 3.25. The quantitative estimate of drug-likeness (QED) is 0.492. The minimum atomic E-state index is 0.624. The van der Waals surface area contributed by atoms with E-state index in [1.54, 1.807) is 12.2 Å². The molecule has 0 aliphatic heterocycles. The van der Waals surface area contributed by atoms with Crippen molar-refractivity contribution >= 4 is 27.5 Å². The number of allylic oxidation sites excluding steroid dienone is 4. The second kappa shape index (κ2) is 4.83. The van der Waals surface area contributed by atoms with Crippen molar-refractivity contribution in [2.45, 2.75) is 0 Å². The first-order chi connectivity index (χ1) is 4.20. The van der Waals surface area contributed by atoms with Crippen LogP contribution >= 0.6 is 27.5 Å². The highest BCUT2D eigenvalue weighted by atomic mass is 79.9. The van der Waals surface area contributed by atoms with Crippen molar-refractivity contribution in [1.82, 2.24) is 0 Å². The normalized spacial score (nSPS) is 11.1. The van der Waals surface area contributed by atoms with Crippen molar-refractivity contribution in [2.24, 2.45) is 0 Å². The van der Waals surface area contributed by atoms with Crippen LogP contribution in [0.15, 0.2) is 35.9 Å². The summed E-state index contributed by atoms with van der Waals surface area (Å²) < 4.78 is 0. The van der Waals surface area contributed by atoms with Crippen LogP contribution in [0.2, 0.25) is 0 Å². The zero-order chi connectivity index (χ0) is 7.28. The Morgan fingerprint density at radius 2 is 2.22 bits per heavy atom. The Morgan fingerprint density at radius 1 is 1.67 bits per heavy atom. The molecule has 50 valence electrons. The van der Waals surface area contributed by atoms with Gasteiger partial charge in [0.15, 0.2) is 0 Å². The van der Waals surface area contributed by atoms with Gasteiger partial charge in [-0.25, -0.2) is 0 Å². The summed E-state index contributed by atoms with van der Waals surface area (Å²) in [6, 6.07) is 0. The van der Waals surface area contributed by atoms with Gasteiger partial charge in [-0.3, -0.25) is 0 Å². The smallest absolute Gasteiger partial charge is 0.0402 e. The highest BCUT2D eigenvalue weighted by Crippen LogP contribution is 2.07. The summed E-state index contributed by atoms with van der Waals surface area (Å²) in [6.45, 7) is 7.20. The Bertz CT molecular complexity index is 147. The molecule has 0 spiro atoms. The van der Waals surface area contributed by atoms with E-state index in [4.69, 9.17) is 11.6 Å². The van der Waals surface area contributed by atoms with E-state index >= 15 is 0 Å². The molecular weight excluding hydrogens is 199 g/mol. The fourth-order valence-electron chi connectivity index (χ4n) is 0.293. The zero-order valence-electron chi connectivity index (χ0n) is 5.03. The number of hydrogen-bond acceptors (Lipinski definition) is 0. The van der Waals surface area contributed by atoms with Crippen molar-refractivity contribution < 1.29 is 0 Å². The van der Waals surface area contributed by atoms with E-state index < -0.39 is 0 Å². The van der Waals surface area contributed by atoms with Crippen LogP contribution in [0.25, 0.3) is 0 Å². The standard InChI is InChI=1S/C7H8BrCl/c1-3-7(9)4-6(2)5-8/h3-4H,1-2,5H2. The lowest BCUT2D eigenvalue weighted by molar-refractivity contribution is 1.59. The van der Waals surface area contributed by atoms with E-state index in [1.165, 1.54) is 0 Å². The highest BCUT2D eigenvalue weighted by Gasteiger charge is 1.85. The maximum atomic E-state index is 5.60. The lowest BCUT2D eigenvalue weighted by Crippen LogP contribution is -1.74. The first kappa shape index (κ1) is 8.99. The topological polar surface area (TPSA) is 0 Å². The molecule has 0 heterocycles. The van der Waals surface area contributed by atoms with Crippen LogP contribution in [0.3, 0.4) is 0 Å². The van der Waals surface area contributed by atoms with E-state index in [0.717, 1.165) is 10.9 Å². The largest absolute Gasteiger partial charge is 0.0976 e. The van der Waals surface area contributed by atoms with Crippen molar-refractivity contribution in [3.8, 4) is 0 Å². The summed E-state index contributed by atoms with van der Waals surface area (Å²) in [5.74, 6) is 0. The van der Waals surface area contributed by atoms with Gasteiger partial charge in [-0.15, -0.1) is 0 Å². The Hall–Kier alpha value is -0.0100. The summed E-state index contributed by atoms with van der Waals surface area (Å²) in [5.41, 5.74) is 0.944. The first-order valence-corrected chi connectivity index (χ1v) is 3.94. The third-order valence-electron chi connectivity index (χ3n) is 0.709. The van der Waals surface area contributed by atoms with Gasteiger partial charge in [0.1, 0.15) is 0 Å². The molecular formula is C7H8BrCl. The molecule has 0 bridgehead atoms. The van der Waals surface area contributed by atoms with Gasteiger partial charge < -0.3 is 0 Å². The molecule has 0 N–H and O–H groups in total. The van der Waals surface area contributed by atoms with E-state index in [9.17, 15) is 0 Å². The molecule has 2 heteroatoms. The fraction of sp³-hybridized carbons (Fsp3) is 0.143. The molecule has 0 fully saturated rings. The van der Waals surface area contributed by atoms with E-state index in [2.05, 4.69) is 29.1 Å². The summed E-state index contributed by atoms with van der Waals surface area (Å²) in [5, 5.41) is 1.37. The molecule has 0 aromatic carbocycles. The SMILES string of the molecule is C=CC(Cl)=CC(=C)CBr. The molecule has 9 heavy (non-hydrogen) atoms. The van der Waals surface area contributed by atoms with E-state index in [0.29, 0.717) is 5.03 Å². The molecule has 0 saturated carbocycles. The van der Waals surface area contributed by atoms with Gasteiger partial charge in [0.05, 0.1) is 0 Å². The molecule has 0 nitrogen and oxygen atoms in total. The lowest BCUT2D eigenvalue weighted by atomic mass is 10.3. The summed E-state index contributed by atoms with van der Waals surface area (Å²) in [7, 11) is 0. The minimum absolute atomic E-state index is 0.624. The first-order valence-electron chi connectivity index (χ1n) is 2.44. The molecule has 0 atom stereocenters. The maximum Gasteiger partial charge on any atom is 0.0402 e. The fourth-order valence-corrected chi connectivity index (χ4v) is 0.609. The number of hydrogen-bond donors (Lipinski definition) is 0. The predicted molar refractivity (Wildman–Crippen MR) is 47.1 cm³/mol. The Labute approximate surface area is 69.0 Å². The number of alkyl halides is 1. The molecule has 0 unspecified atom stereocenters. The molecule has 0 saturated heterocycles. The van der Waals surface area contributed by atoms with Crippen LogP contribution in [0.5, 0.6) is 0 Å². The third-order valence-corrected chi connectivity index (χ3v) is 1.69. The van der Waals surface area contributed by atoms with Crippen molar-refractivity contribution in [3.63, 3.8) is 0 Å². The van der Waals surface area contributed by atoms with Gasteiger partial charge in [0, 0.05) is 10.4 Å². The van der Waals surface area contributed by atoms with Gasteiger partial charge in [-0.05, 0) is 11.6 Å². The van der Waals surface area contributed by atoms with Crippen LogP contribution in [0.4, 0.5) is 0 Å². The average Bonchev–Trinajstić information content (AvgIpc) is 1.87. The molecule has 0 rings (SSSR count). The Morgan fingerprint density at radius 3 is 2.56 bits per heavy atom. The molecule has 0 radical (unpaired) electrons. The molecule has 0 amide bonds. The Balaban J connectivity index is 3.94. The van der Waals surface area contributed by atoms with Gasteiger partial charge in [0.25, 0.3) is 0 Å². The van der Waals surface area contributed by atoms with Gasteiger partial charge in [-0.2, -0.15) is 0 Å². The van der Waals surface area contributed by atoms with Crippen molar-refractivity contribution in [3.05, 3.63) is 35.9 Å². The van der Waals surface area contributed by atoms with Crippen LogP contribution < -0.4 is 0 Å². The average molecular weight is 207 g/mol. The van der Waals surface area contributed by atoms with Crippen LogP contribution in [-0.4, -0.2) is 5.33 Å². The molecule has 0 aliphatic rings. The van der Waals surface area contributed by atoms with E-state index in [-0.39, 0.29) is 0 Å². The monoisotopic (exact) mass is 206 g/mol. The van der Waals surface area contributed by atoms with E-state index in [1.807, 2.05) is 0 Å². The lowest BCUT2D eigenvalue weighted by Gasteiger charge is -1.89. The summed E-state index contributed by atoms with van der Waals surface area (Å²) >= 11 is 8.84. The van der Waals surface area contributed by atoms with Crippen LogP contribution in [-0.2, 0) is 0 Å². The maximum absolute atomic E-state index is 5.60. The summed E-state index contributed by atoms with van der Waals surface area (Å²) in [6.07, 6.45) is 3.35. The summed E-state index contributed by atoms with van der Waals surface area (Å²) in [4.78, 5) is 0. The number of rotatable bonds is 3. The highest BCUT2D eigenvalue weighted by molar-refractivity contribution is 9.09. The van der Waals surface area contributed by atoms with Gasteiger partial charge >= 0.3 is 0 Å². The second-order valence-electron chi connectivity index (χ2n) is 1.53. The third kappa shape index (κ3) is 4.49. The molecule has 0 aromatic rings. The van der Waals surface area contributed by atoms with Gasteiger partial charge in [0.2, 0.25) is 0 Å². The minimum Gasteiger partial charge on any atom is -0.0976 e. The van der Waals surface area contributed by atoms with Crippen LogP contribution in [0.1, 0.15) is 0 Å².